The highest BCUT2D eigenvalue weighted by Crippen LogP contribution is 2.23. The molecule has 0 spiro atoms. The molecule has 0 bridgehead atoms. The number of carbonyl (C=O) groups is 1. The molecule has 1 amide bonds. The summed E-state index contributed by atoms with van der Waals surface area (Å²) in [7, 11) is 0. The Hall–Kier alpha value is -3.10. The third kappa shape index (κ3) is 4.72. The first-order valence-corrected chi connectivity index (χ1v) is 9.40. The smallest absolute Gasteiger partial charge is 0.257 e. The lowest BCUT2D eigenvalue weighted by molar-refractivity contribution is -0.116. The van der Waals surface area contributed by atoms with Crippen LogP contribution in [0.3, 0.4) is 0 Å². The fourth-order valence-corrected chi connectivity index (χ4v) is 3.16. The normalized spacial score (nSPS) is 10.8. The van der Waals surface area contributed by atoms with Gasteiger partial charge in [-0.15, -0.1) is 0 Å². The fraction of sp³-hybridized carbons (Fsp3) is 0.190. The van der Waals surface area contributed by atoms with Gasteiger partial charge in [-0.25, -0.2) is 13.8 Å². The number of benzene rings is 2. The molecule has 0 unspecified atom stereocenters. The molecule has 0 saturated carbocycles. The molecule has 0 aliphatic heterocycles. The van der Waals surface area contributed by atoms with Crippen LogP contribution >= 0.6 is 11.6 Å². The van der Waals surface area contributed by atoms with Gasteiger partial charge in [0.2, 0.25) is 5.91 Å². The van der Waals surface area contributed by atoms with E-state index in [1.54, 1.807) is 6.92 Å². The maximum atomic E-state index is 13.5. The number of aryl methyl sites for hydroxylation is 1. The summed E-state index contributed by atoms with van der Waals surface area (Å²) in [5.41, 5.74) is 0.659. The Kier molecular flexibility index (Phi) is 6.59. The quantitative estimate of drug-likeness (QED) is 0.624. The Morgan fingerprint density at radius 1 is 1.17 bits per heavy atom. The van der Waals surface area contributed by atoms with Gasteiger partial charge in [0.1, 0.15) is 24.0 Å². The largest absolute Gasteiger partial charge is 0.396 e. The first-order valence-electron chi connectivity index (χ1n) is 9.02. The molecule has 1 heterocycles. The van der Waals surface area contributed by atoms with Crippen LogP contribution in [0.5, 0.6) is 0 Å². The van der Waals surface area contributed by atoms with Gasteiger partial charge in [-0.3, -0.25) is 14.2 Å². The number of rotatable bonds is 6. The van der Waals surface area contributed by atoms with Crippen molar-refractivity contribution in [3.63, 3.8) is 0 Å². The molecular formula is C21H18ClF2N3O3. The van der Waals surface area contributed by atoms with Crippen LogP contribution in [0.4, 0.5) is 14.5 Å². The number of hydrogen-bond acceptors (Lipinski definition) is 4. The molecule has 0 radical (unpaired) electrons. The number of nitrogens with zero attached hydrogens (tertiary/aromatic N) is 2. The van der Waals surface area contributed by atoms with E-state index in [1.807, 2.05) is 0 Å². The number of aliphatic hydroxyl groups is 1. The molecule has 1 aromatic heterocycles. The van der Waals surface area contributed by atoms with Crippen LogP contribution in [0.25, 0.3) is 11.4 Å². The number of nitrogens with one attached hydrogen (secondary N) is 1. The van der Waals surface area contributed by atoms with Crippen LogP contribution in [0.2, 0.25) is 5.02 Å². The van der Waals surface area contributed by atoms with Crippen LogP contribution in [-0.2, 0) is 17.8 Å². The molecule has 156 valence electrons. The highest BCUT2D eigenvalue weighted by atomic mass is 35.5. The Bertz CT molecular complexity index is 1150. The van der Waals surface area contributed by atoms with Gasteiger partial charge in [0, 0.05) is 29.8 Å². The summed E-state index contributed by atoms with van der Waals surface area (Å²) in [6.45, 7) is 0.916. The second-order valence-electron chi connectivity index (χ2n) is 6.54. The maximum Gasteiger partial charge on any atom is 0.257 e. The van der Waals surface area contributed by atoms with Crippen molar-refractivity contribution in [3.05, 3.63) is 80.7 Å². The van der Waals surface area contributed by atoms with Gasteiger partial charge < -0.3 is 10.4 Å². The molecule has 0 aliphatic carbocycles. The molecule has 3 aromatic rings. The van der Waals surface area contributed by atoms with E-state index in [2.05, 4.69) is 10.3 Å². The number of halogens is 3. The number of hydrogen-bond donors (Lipinski definition) is 2. The summed E-state index contributed by atoms with van der Waals surface area (Å²) in [5.74, 6) is -1.51. The van der Waals surface area contributed by atoms with E-state index >= 15 is 0 Å². The third-order valence-electron chi connectivity index (χ3n) is 4.44. The molecule has 0 saturated heterocycles. The molecule has 9 heteroatoms. The number of carbonyl (C=O) groups excluding carboxylic acids is 1. The predicted octanol–water partition coefficient (Wildman–Crippen LogP) is 3.32. The second-order valence-corrected chi connectivity index (χ2v) is 6.95. The molecule has 30 heavy (non-hydrogen) atoms. The number of aliphatic hydroxyl groups excluding tert-OH is 1. The summed E-state index contributed by atoms with van der Waals surface area (Å²) in [6, 6.07) is 8.84. The summed E-state index contributed by atoms with van der Waals surface area (Å²) in [4.78, 5) is 30.0. The van der Waals surface area contributed by atoms with E-state index in [0.29, 0.717) is 11.3 Å². The first-order chi connectivity index (χ1) is 14.3. The number of aromatic nitrogens is 2. The van der Waals surface area contributed by atoms with Crippen molar-refractivity contribution >= 4 is 23.2 Å². The molecule has 3 rings (SSSR count). The van der Waals surface area contributed by atoms with Gasteiger partial charge in [0.05, 0.1) is 10.7 Å². The topological polar surface area (TPSA) is 84.2 Å². The molecule has 0 fully saturated rings. The third-order valence-corrected chi connectivity index (χ3v) is 4.77. The molecule has 6 nitrogen and oxygen atoms in total. The van der Waals surface area contributed by atoms with Gasteiger partial charge in [0.25, 0.3) is 5.56 Å². The summed E-state index contributed by atoms with van der Waals surface area (Å²) in [6.07, 6.45) is 0.0682. The Balaban J connectivity index is 2.03. The van der Waals surface area contributed by atoms with E-state index in [4.69, 9.17) is 11.6 Å². The Morgan fingerprint density at radius 2 is 1.83 bits per heavy atom. The standard InChI is InChI=1S/C21H18ClF2N3O3/c1-12-16(8-9-28)21(30)27(20(25-12)13-2-4-14(23)5-3-13)11-19(29)26-18-10-15(24)6-7-17(18)22/h2-7,10,28H,8-9,11H2,1H3,(H,26,29). The summed E-state index contributed by atoms with van der Waals surface area (Å²) < 4.78 is 27.9. The van der Waals surface area contributed by atoms with Crippen molar-refractivity contribution < 1.29 is 18.7 Å². The fourth-order valence-electron chi connectivity index (χ4n) is 2.99. The van der Waals surface area contributed by atoms with Crippen LogP contribution in [0.15, 0.2) is 47.3 Å². The Labute approximate surface area is 175 Å². The van der Waals surface area contributed by atoms with Crippen LogP contribution in [-0.4, -0.2) is 27.2 Å². The van der Waals surface area contributed by atoms with Crippen molar-refractivity contribution in [1.82, 2.24) is 9.55 Å². The molecule has 0 atom stereocenters. The monoisotopic (exact) mass is 433 g/mol. The lowest BCUT2D eigenvalue weighted by Crippen LogP contribution is -2.33. The number of anilines is 1. The van der Waals surface area contributed by atoms with Crippen LogP contribution in [0, 0.1) is 18.6 Å². The van der Waals surface area contributed by atoms with E-state index in [9.17, 15) is 23.5 Å². The van der Waals surface area contributed by atoms with E-state index in [-0.39, 0.29) is 35.1 Å². The lowest BCUT2D eigenvalue weighted by Gasteiger charge is -2.16. The van der Waals surface area contributed by atoms with Gasteiger partial charge in [0.15, 0.2) is 0 Å². The van der Waals surface area contributed by atoms with Gasteiger partial charge >= 0.3 is 0 Å². The minimum absolute atomic E-state index is 0.0636. The van der Waals surface area contributed by atoms with Crippen LogP contribution < -0.4 is 10.9 Å². The highest BCUT2D eigenvalue weighted by Gasteiger charge is 2.18. The van der Waals surface area contributed by atoms with E-state index in [1.165, 1.54) is 30.3 Å². The van der Waals surface area contributed by atoms with Crippen molar-refractivity contribution in [1.29, 1.82) is 0 Å². The summed E-state index contributed by atoms with van der Waals surface area (Å²) in [5, 5.41) is 11.9. The van der Waals surface area contributed by atoms with Gasteiger partial charge in [-0.1, -0.05) is 11.6 Å². The minimum atomic E-state index is -0.631. The van der Waals surface area contributed by atoms with Crippen molar-refractivity contribution in [2.75, 3.05) is 11.9 Å². The van der Waals surface area contributed by atoms with Crippen molar-refractivity contribution in [2.24, 2.45) is 0 Å². The Morgan fingerprint density at radius 3 is 2.50 bits per heavy atom. The number of amides is 1. The van der Waals surface area contributed by atoms with Crippen molar-refractivity contribution in [3.8, 4) is 11.4 Å². The average Bonchev–Trinajstić information content (AvgIpc) is 2.70. The van der Waals surface area contributed by atoms with Crippen molar-refractivity contribution in [2.45, 2.75) is 19.9 Å². The SMILES string of the molecule is Cc1nc(-c2ccc(F)cc2)n(CC(=O)Nc2cc(F)ccc2Cl)c(=O)c1CCO. The van der Waals surface area contributed by atoms with Gasteiger partial charge in [-0.05, 0) is 49.4 Å². The van der Waals surface area contributed by atoms with Gasteiger partial charge in [-0.2, -0.15) is 0 Å². The minimum Gasteiger partial charge on any atom is -0.396 e. The molecule has 2 aromatic carbocycles. The zero-order chi connectivity index (χ0) is 21.8. The summed E-state index contributed by atoms with van der Waals surface area (Å²) >= 11 is 5.98. The average molecular weight is 434 g/mol. The van der Waals surface area contributed by atoms with E-state index < -0.39 is 29.6 Å². The predicted molar refractivity (Wildman–Crippen MR) is 109 cm³/mol. The zero-order valence-electron chi connectivity index (χ0n) is 16.0. The second kappa shape index (κ2) is 9.15. The van der Waals surface area contributed by atoms with Crippen LogP contribution in [0.1, 0.15) is 11.3 Å². The molecule has 0 aliphatic rings. The zero-order valence-corrected chi connectivity index (χ0v) is 16.7. The molecular weight excluding hydrogens is 416 g/mol. The first kappa shape index (κ1) is 21.6. The molecule has 2 N–H and O–H groups in total. The maximum absolute atomic E-state index is 13.5. The highest BCUT2D eigenvalue weighted by molar-refractivity contribution is 6.33. The lowest BCUT2D eigenvalue weighted by atomic mass is 10.1. The van der Waals surface area contributed by atoms with E-state index in [0.717, 1.165) is 16.7 Å².